The highest BCUT2D eigenvalue weighted by atomic mass is 32.1. The van der Waals surface area contributed by atoms with E-state index in [9.17, 15) is 9.59 Å². The van der Waals surface area contributed by atoms with Crippen LogP contribution in [-0.4, -0.2) is 31.9 Å². The summed E-state index contributed by atoms with van der Waals surface area (Å²) in [5.41, 5.74) is 1.67. The summed E-state index contributed by atoms with van der Waals surface area (Å²) in [5, 5.41) is 1.35. The quantitative estimate of drug-likeness (QED) is 0.555. The minimum absolute atomic E-state index is 0.0509. The number of thiophene rings is 1. The molecule has 0 amide bonds. The largest absolute Gasteiger partial charge is 0.309 e. The van der Waals surface area contributed by atoms with Crippen LogP contribution < -0.4 is 11.1 Å². The molecule has 4 aromatic rings. The van der Waals surface area contributed by atoms with Gasteiger partial charge in [-0.25, -0.2) is 9.97 Å². The fraction of sp³-hybridized carbons (Fsp3) is 0.300. The summed E-state index contributed by atoms with van der Waals surface area (Å²) >= 11 is 1.64. The number of nitrogens with zero attached hydrogens (tertiary/aromatic N) is 3. The fourth-order valence-electron chi connectivity index (χ4n) is 3.90. The van der Waals surface area contributed by atoms with Crippen molar-refractivity contribution in [3.8, 4) is 0 Å². The van der Waals surface area contributed by atoms with Crippen molar-refractivity contribution in [3.63, 3.8) is 0 Å². The second-order valence-corrected chi connectivity index (χ2v) is 8.34. The normalized spacial score (nSPS) is 13.6. The second-order valence-electron chi connectivity index (χ2n) is 7.25. The van der Waals surface area contributed by atoms with E-state index in [2.05, 4.69) is 19.9 Å². The molecule has 2 N–H and O–H groups in total. The number of benzene rings is 1. The van der Waals surface area contributed by atoms with E-state index in [1.54, 1.807) is 17.4 Å². The molecule has 0 bridgehead atoms. The van der Waals surface area contributed by atoms with Gasteiger partial charge >= 0.3 is 0 Å². The molecule has 7 nitrogen and oxygen atoms in total. The summed E-state index contributed by atoms with van der Waals surface area (Å²) < 4.78 is 0. The molecule has 1 aliphatic carbocycles. The van der Waals surface area contributed by atoms with Crippen LogP contribution in [-0.2, 0) is 25.9 Å². The molecule has 0 radical (unpaired) electrons. The van der Waals surface area contributed by atoms with Crippen LogP contribution in [0.4, 0.5) is 0 Å². The molecule has 142 valence electrons. The predicted molar refractivity (Wildman–Crippen MR) is 110 cm³/mol. The fourth-order valence-corrected chi connectivity index (χ4v) is 5.18. The lowest BCUT2D eigenvalue weighted by atomic mass is 10.2. The molecule has 8 heteroatoms. The van der Waals surface area contributed by atoms with Crippen LogP contribution in [0.1, 0.15) is 28.5 Å². The summed E-state index contributed by atoms with van der Waals surface area (Å²) in [7, 11) is 1.91. The van der Waals surface area contributed by atoms with E-state index >= 15 is 0 Å². The Balaban J connectivity index is 1.41. The maximum Gasteiger partial charge on any atom is 0.259 e. The highest BCUT2D eigenvalue weighted by molar-refractivity contribution is 7.18. The molecule has 0 saturated heterocycles. The molecule has 0 fully saturated rings. The summed E-state index contributed by atoms with van der Waals surface area (Å²) in [5.74, 6) is 1.22. The van der Waals surface area contributed by atoms with E-state index in [4.69, 9.17) is 0 Å². The predicted octanol–water partition coefficient (Wildman–Crippen LogP) is 2.34. The van der Waals surface area contributed by atoms with Gasteiger partial charge in [-0.15, -0.1) is 11.3 Å². The third kappa shape index (κ3) is 2.94. The Hall–Kier alpha value is -2.84. The monoisotopic (exact) mass is 393 g/mol. The lowest BCUT2D eigenvalue weighted by Gasteiger charge is -2.15. The summed E-state index contributed by atoms with van der Waals surface area (Å²) in [6.07, 6.45) is 3.14. The van der Waals surface area contributed by atoms with Crippen LogP contribution >= 0.6 is 11.3 Å². The molecule has 5 rings (SSSR count). The van der Waals surface area contributed by atoms with Gasteiger partial charge in [0.2, 0.25) is 0 Å². The Bertz CT molecular complexity index is 1320. The molecule has 28 heavy (non-hydrogen) atoms. The lowest BCUT2D eigenvalue weighted by molar-refractivity contribution is 0.303. The maximum atomic E-state index is 12.6. The molecular formula is C20H19N5O2S. The zero-order chi connectivity index (χ0) is 19.3. The topological polar surface area (TPSA) is 94.7 Å². The van der Waals surface area contributed by atoms with Crippen molar-refractivity contribution < 1.29 is 0 Å². The Labute approximate surface area is 164 Å². The van der Waals surface area contributed by atoms with E-state index in [0.29, 0.717) is 35.6 Å². The number of para-hydroxylation sites is 1. The van der Waals surface area contributed by atoms with Crippen molar-refractivity contribution in [1.29, 1.82) is 0 Å². The smallest absolute Gasteiger partial charge is 0.259 e. The van der Waals surface area contributed by atoms with Crippen LogP contribution in [0.2, 0.25) is 0 Å². The number of nitrogens with one attached hydrogen (secondary N) is 2. The minimum atomic E-state index is -0.143. The third-order valence-corrected chi connectivity index (χ3v) is 6.31. The standard InChI is InChI=1S/C20H19N5O2S/c1-25(9-15-21-13-7-3-2-5-11(13)18(26)22-15)10-16-23-19(27)17-12-6-4-8-14(12)28-20(17)24-16/h2-3,5,7H,4,6,8-10H2,1H3,(H,21,22,26)(H,23,24,27). The molecule has 0 atom stereocenters. The molecule has 0 spiro atoms. The van der Waals surface area contributed by atoms with Crippen LogP contribution in [0.5, 0.6) is 0 Å². The molecule has 3 heterocycles. The number of fused-ring (bicyclic) bond motifs is 4. The van der Waals surface area contributed by atoms with Gasteiger partial charge < -0.3 is 9.97 Å². The Morgan fingerprint density at radius 1 is 1.04 bits per heavy atom. The van der Waals surface area contributed by atoms with Gasteiger partial charge in [0.15, 0.2) is 0 Å². The van der Waals surface area contributed by atoms with E-state index in [1.807, 2.05) is 30.1 Å². The molecular weight excluding hydrogens is 374 g/mol. The first-order valence-electron chi connectivity index (χ1n) is 9.28. The number of aromatic nitrogens is 4. The van der Waals surface area contributed by atoms with Crippen molar-refractivity contribution in [2.24, 2.45) is 0 Å². The van der Waals surface area contributed by atoms with Gasteiger partial charge in [-0.05, 0) is 44.0 Å². The zero-order valence-electron chi connectivity index (χ0n) is 15.4. The first kappa shape index (κ1) is 17.3. The van der Waals surface area contributed by atoms with Gasteiger partial charge in [0.05, 0.1) is 29.4 Å². The van der Waals surface area contributed by atoms with E-state index in [0.717, 1.165) is 29.5 Å². The minimum Gasteiger partial charge on any atom is -0.309 e. The first-order valence-corrected chi connectivity index (χ1v) is 10.1. The highest BCUT2D eigenvalue weighted by Gasteiger charge is 2.21. The number of rotatable bonds is 4. The molecule has 3 aromatic heterocycles. The summed E-state index contributed by atoms with van der Waals surface area (Å²) in [4.78, 5) is 43.9. The molecule has 1 aliphatic rings. The van der Waals surface area contributed by atoms with E-state index < -0.39 is 0 Å². The van der Waals surface area contributed by atoms with Crippen LogP contribution in [0.15, 0.2) is 33.9 Å². The number of H-pyrrole nitrogens is 2. The SMILES string of the molecule is CN(Cc1nc2ccccc2c(=O)[nH]1)Cc1nc2sc3c(c2c(=O)[nH]1)CCC3. The first-order chi connectivity index (χ1) is 13.6. The Morgan fingerprint density at radius 3 is 2.64 bits per heavy atom. The van der Waals surface area contributed by atoms with E-state index in [1.165, 1.54) is 10.4 Å². The van der Waals surface area contributed by atoms with Crippen molar-refractivity contribution in [1.82, 2.24) is 24.8 Å². The van der Waals surface area contributed by atoms with Crippen molar-refractivity contribution in [3.05, 3.63) is 67.1 Å². The van der Waals surface area contributed by atoms with Gasteiger partial charge in [0, 0.05) is 4.88 Å². The van der Waals surface area contributed by atoms with Crippen LogP contribution in [0.25, 0.3) is 21.1 Å². The number of aryl methyl sites for hydroxylation is 2. The molecule has 0 aliphatic heterocycles. The summed E-state index contributed by atoms with van der Waals surface area (Å²) in [6, 6.07) is 7.28. The zero-order valence-corrected chi connectivity index (χ0v) is 16.2. The average molecular weight is 393 g/mol. The van der Waals surface area contributed by atoms with Gasteiger partial charge in [-0.3, -0.25) is 14.5 Å². The summed E-state index contributed by atoms with van der Waals surface area (Å²) in [6.45, 7) is 0.910. The Morgan fingerprint density at radius 2 is 1.79 bits per heavy atom. The maximum absolute atomic E-state index is 12.6. The van der Waals surface area contributed by atoms with Gasteiger partial charge in [-0.1, -0.05) is 12.1 Å². The van der Waals surface area contributed by atoms with Gasteiger partial charge in [-0.2, -0.15) is 0 Å². The van der Waals surface area contributed by atoms with Crippen LogP contribution in [0, 0.1) is 0 Å². The number of aromatic amines is 2. The second kappa shape index (κ2) is 6.65. The number of hydrogen-bond acceptors (Lipinski definition) is 6. The average Bonchev–Trinajstić information content (AvgIpc) is 3.22. The van der Waals surface area contributed by atoms with Gasteiger partial charge in [0.1, 0.15) is 16.5 Å². The van der Waals surface area contributed by atoms with Crippen molar-refractivity contribution in [2.75, 3.05) is 7.05 Å². The van der Waals surface area contributed by atoms with Crippen molar-refractivity contribution in [2.45, 2.75) is 32.4 Å². The van der Waals surface area contributed by atoms with Gasteiger partial charge in [0.25, 0.3) is 11.1 Å². The number of hydrogen-bond donors (Lipinski definition) is 2. The third-order valence-electron chi connectivity index (χ3n) is 5.13. The molecule has 0 saturated carbocycles. The Kier molecular flexibility index (Phi) is 4.10. The molecule has 1 aromatic carbocycles. The van der Waals surface area contributed by atoms with Crippen LogP contribution in [0.3, 0.4) is 0 Å². The lowest BCUT2D eigenvalue weighted by Crippen LogP contribution is -2.24. The van der Waals surface area contributed by atoms with E-state index in [-0.39, 0.29) is 11.1 Å². The molecule has 0 unspecified atom stereocenters. The highest BCUT2D eigenvalue weighted by Crippen LogP contribution is 2.34. The van der Waals surface area contributed by atoms with Crippen molar-refractivity contribution >= 4 is 32.5 Å².